The molecule has 1 heterocycles. The molecular formula is C15H22N4. The van der Waals surface area contributed by atoms with Crippen molar-refractivity contribution in [1.29, 1.82) is 0 Å². The Morgan fingerprint density at radius 1 is 1.32 bits per heavy atom. The molecule has 1 atom stereocenters. The maximum absolute atomic E-state index is 4.31. The van der Waals surface area contributed by atoms with Gasteiger partial charge in [-0.25, -0.2) is 9.67 Å². The number of nitrogens with zero attached hydrogens (tertiary/aromatic N) is 3. The molecular weight excluding hydrogens is 236 g/mol. The number of aryl methyl sites for hydroxylation is 2. The molecule has 1 N–H and O–H groups in total. The van der Waals surface area contributed by atoms with E-state index in [0.717, 1.165) is 25.3 Å². The summed E-state index contributed by atoms with van der Waals surface area (Å²) in [7, 11) is 0. The Hall–Kier alpha value is -1.68. The van der Waals surface area contributed by atoms with E-state index in [1.54, 1.807) is 6.33 Å². The number of rotatable bonds is 6. The second kappa shape index (κ2) is 6.48. The van der Waals surface area contributed by atoms with Crippen molar-refractivity contribution in [1.82, 2.24) is 20.1 Å². The van der Waals surface area contributed by atoms with Gasteiger partial charge in [-0.15, -0.1) is 0 Å². The monoisotopic (exact) mass is 258 g/mol. The first-order valence-corrected chi connectivity index (χ1v) is 6.88. The van der Waals surface area contributed by atoms with E-state index in [9.17, 15) is 0 Å². The summed E-state index contributed by atoms with van der Waals surface area (Å²) in [6, 6.07) is 8.79. The molecule has 1 aromatic heterocycles. The number of hydrogen-bond acceptors (Lipinski definition) is 3. The van der Waals surface area contributed by atoms with E-state index in [1.807, 2.05) is 4.68 Å². The highest BCUT2D eigenvalue weighted by Gasteiger charge is 2.09. The van der Waals surface area contributed by atoms with Crippen molar-refractivity contribution in [3.8, 4) is 0 Å². The third kappa shape index (κ3) is 3.41. The van der Waals surface area contributed by atoms with Gasteiger partial charge in [-0.05, 0) is 31.4 Å². The number of benzene rings is 1. The molecule has 1 aromatic carbocycles. The Kier molecular flexibility index (Phi) is 4.68. The Bertz CT molecular complexity index is 518. The van der Waals surface area contributed by atoms with Crippen molar-refractivity contribution in [2.75, 3.05) is 0 Å². The highest BCUT2D eigenvalue weighted by molar-refractivity contribution is 5.28. The Balaban J connectivity index is 1.98. The summed E-state index contributed by atoms with van der Waals surface area (Å²) in [5.41, 5.74) is 2.65. The molecule has 0 aliphatic carbocycles. The summed E-state index contributed by atoms with van der Waals surface area (Å²) < 4.78 is 1.97. The molecule has 0 saturated heterocycles. The lowest BCUT2D eigenvalue weighted by molar-refractivity contribution is 0.508. The summed E-state index contributed by atoms with van der Waals surface area (Å²) >= 11 is 0. The number of hydrogen-bond donors (Lipinski definition) is 1. The van der Waals surface area contributed by atoms with Crippen LogP contribution in [0.15, 0.2) is 30.6 Å². The molecule has 2 rings (SSSR count). The molecule has 0 aliphatic heterocycles. The van der Waals surface area contributed by atoms with Crippen molar-refractivity contribution in [2.45, 2.75) is 46.3 Å². The van der Waals surface area contributed by atoms with E-state index in [4.69, 9.17) is 0 Å². The maximum atomic E-state index is 4.31. The van der Waals surface area contributed by atoms with Crippen molar-refractivity contribution in [2.24, 2.45) is 0 Å². The fourth-order valence-corrected chi connectivity index (χ4v) is 2.25. The van der Waals surface area contributed by atoms with Crippen LogP contribution in [0.4, 0.5) is 0 Å². The molecule has 0 spiro atoms. The summed E-state index contributed by atoms with van der Waals surface area (Å²) in [4.78, 5) is 4.31. The minimum Gasteiger partial charge on any atom is -0.303 e. The zero-order chi connectivity index (χ0) is 13.7. The lowest BCUT2D eigenvalue weighted by Gasteiger charge is -2.16. The molecule has 19 heavy (non-hydrogen) atoms. The van der Waals surface area contributed by atoms with E-state index < -0.39 is 0 Å². The van der Waals surface area contributed by atoms with E-state index in [1.165, 1.54) is 11.1 Å². The molecule has 0 fully saturated rings. The van der Waals surface area contributed by atoms with Crippen LogP contribution in [0.2, 0.25) is 0 Å². The highest BCUT2D eigenvalue weighted by atomic mass is 15.3. The van der Waals surface area contributed by atoms with E-state index >= 15 is 0 Å². The van der Waals surface area contributed by atoms with Crippen molar-refractivity contribution < 1.29 is 0 Å². The molecule has 0 radical (unpaired) electrons. The molecule has 0 amide bonds. The zero-order valence-electron chi connectivity index (χ0n) is 11.9. The first kappa shape index (κ1) is 13.7. The quantitative estimate of drug-likeness (QED) is 0.866. The fourth-order valence-electron chi connectivity index (χ4n) is 2.25. The number of aromatic nitrogens is 3. The van der Waals surface area contributed by atoms with Gasteiger partial charge in [0.15, 0.2) is 0 Å². The standard InChI is InChI=1S/C15H22N4/c1-4-9-19-15(17-11-18-19)10-16-13(3)14-8-6-5-7-12(14)2/h5-8,11,13,16H,4,9-10H2,1-3H3/t13-/m1/s1. The van der Waals surface area contributed by atoms with E-state index in [0.29, 0.717) is 6.04 Å². The van der Waals surface area contributed by atoms with Crippen LogP contribution in [0.25, 0.3) is 0 Å². The first-order valence-electron chi connectivity index (χ1n) is 6.88. The molecule has 0 unspecified atom stereocenters. The van der Waals surface area contributed by atoms with Gasteiger partial charge >= 0.3 is 0 Å². The minimum absolute atomic E-state index is 0.313. The van der Waals surface area contributed by atoms with Crippen molar-refractivity contribution in [3.05, 3.63) is 47.5 Å². The summed E-state index contributed by atoms with van der Waals surface area (Å²) in [6.07, 6.45) is 2.70. The Morgan fingerprint density at radius 2 is 2.11 bits per heavy atom. The van der Waals surface area contributed by atoms with Crippen LogP contribution in [0.3, 0.4) is 0 Å². The average molecular weight is 258 g/mol. The molecule has 0 aliphatic rings. The van der Waals surface area contributed by atoms with Crippen LogP contribution >= 0.6 is 0 Å². The lowest BCUT2D eigenvalue weighted by Crippen LogP contribution is -2.21. The highest BCUT2D eigenvalue weighted by Crippen LogP contribution is 2.16. The fraction of sp³-hybridized carbons (Fsp3) is 0.467. The minimum atomic E-state index is 0.313. The topological polar surface area (TPSA) is 42.7 Å². The zero-order valence-corrected chi connectivity index (χ0v) is 11.9. The second-order valence-electron chi connectivity index (χ2n) is 4.86. The summed E-state index contributed by atoms with van der Waals surface area (Å²) in [5.74, 6) is 1.00. The van der Waals surface area contributed by atoms with Gasteiger partial charge in [0.25, 0.3) is 0 Å². The van der Waals surface area contributed by atoms with Crippen molar-refractivity contribution >= 4 is 0 Å². The largest absolute Gasteiger partial charge is 0.303 e. The van der Waals surface area contributed by atoms with Gasteiger partial charge in [-0.2, -0.15) is 5.10 Å². The average Bonchev–Trinajstić information content (AvgIpc) is 2.84. The van der Waals surface area contributed by atoms with Gasteiger partial charge in [0, 0.05) is 12.6 Å². The molecule has 2 aromatic rings. The van der Waals surface area contributed by atoms with Gasteiger partial charge in [0.2, 0.25) is 0 Å². The van der Waals surface area contributed by atoms with Gasteiger partial charge in [0.1, 0.15) is 12.2 Å². The summed E-state index contributed by atoms with van der Waals surface area (Å²) in [6.45, 7) is 8.15. The summed E-state index contributed by atoms with van der Waals surface area (Å²) in [5, 5.41) is 7.76. The predicted octanol–water partition coefficient (Wildman–Crippen LogP) is 2.85. The van der Waals surface area contributed by atoms with Crippen molar-refractivity contribution in [3.63, 3.8) is 0 Å². The normalized spacial score (nSPS) is 12.6. The predicted molar refractivity (Wildman–Crippen MR) is 76.7 cm³/mol. The van der Waals surface area contributed by atoms with Crippen LogP contribution in [0.1, 0.15) is 43.3 Å². The molecule has 4 nitrogen and oxygen atoms in total. The van der Waals surface area contributed by atoms with Gasteiger partial charge in [0.05, 0.1) is 6.54 Å². The van der Waals surface area contributed by atoms with Crippen LogP contribution < -0.4 is 5.32 Å². The number of nitrogens with one attached hydrogen (secondary N) is 1. The lowest BCUT2D eigenvalue weighted by atomic mass is 10.0. The second-order valence-corrected chi connectivity index (χ2v) is 4.86. The SMILES string of the molecule is CCCn1ncnc1CN[C@H](C)c1ccccc1C. The smallest absolute Gasteiger partial charge is 0.140 e. The van der Waals surface area contributed by atoms with Crippen LogP contribution in [0.5, 0.6) is 0 Å². The molecule has 102 valence electrons. The first-order chi connectivity index (χ1) is 9.22. The van der Waals surface area contributed by atoms with Gasteiger partial charge in [-0.3, -0.25) is 0 Å². The van der Waals surface area contributed by atoms with Gasteiger partial charge in [-0.1, -0.05) is 31.2 Å². The van der Waals surface area contributed by atoms with E-state index in [2.05, 4.69) is 60.4 Å². The molecule has 0 bridgehead atoms. The van der Waals surface area contributed by atoms with Crippen LogP contribution in [-0.2, 0) is 13.1 Å². The Morgan fingerprint density at radius 3 is 2.84 bits per heavy atom. The third-order valence-corrected chi connectivity index (χ3v) is 3.35. The van der Waals surface area contributed by atoms with Crippen LogP contribution in [0, 0.1) is 6.92 Å². The molecule has 4 heteroatoms. The Labute approximate surface area is 114 Å². The van der Waals surface area contributed by atoms with E-state index in [-0.39, 0.29) is 0 Å². The molecule has 0 saturated carbocycles. The third-order valence-electron chi connectivity index (χ3n) is 3.35. The van der Waals surface area contributed by atoms with Gasteiger partial charge < -0.3 is 5.32 Å². The maximum Gasteiger partial charge on any atom is 0.140 e. The van der Waals surface area contributed by atoms with Crippen LogP contribution in [-0.4, -0.2) is 14.8 Å².